The number of hydrogen-bond donors (Lipinski definition) is 2. The Morgan fingerprint density at radius 2 is 1.69 bits per heavy atom. The van der Waals surface area contributed by atoms with Crippen LogP contribution in [0.25, 0.3) is 0 Å². The zero-order valence-electron chi connectivity index (χ0n) is 19.1. The van der Waals surface area contributed by atoms with Gasteiger partial charge in [0.1, 0.15) is 11.9 Å². The van der Waals surface area contributed by atoms with E-state index in [1.807, 2.05) is 45.4 Å². The quantitative estimate of drug-likeness (QED) is 0.803. The van der Waals surface area contributed by atoms with E-state index < -0.39 is 12.1 Å². The van der Waals surface area contributed by atoms with Crippen molar-refractivity contribution in [1.82, 2.24) is 20.0 Å². The first kappa shape index (κ1) is 23.2. The predicted octanol–water partition coefficient (Wildman–Crippen LogP) is 2.94. The number of hydrogen-bond acceptors (Lipinski definition) is 4. The number of nitrogens with zero attached hydrogens (tertiary/aromatic N) is 3. The van der Waals surface area contributed by atoms with E-state index in [4.69, 9.17) is 9.84 Å². The average molecular weight is 408 g/mol. The minimum atomic E-state index is -0.596. The molecule has 1 aromatic rings. The van der Waals surface area contributed by atoms with E-state index in [1.54, 1.807) is 4.90 Å². The number of aromatic nitrogens is 2. The third-order valence-corrected chi connectivity index (χ3v) is 4.90. The Morgan fingerprint density at radius 1 is 1.10 bits per heavy atom. The maximum Gasteiger partial charge on any atom is 0.321 e. The number of urea groups is 1. The Hall–Kier alpha value is -2.09. The molecule has 2 rings (SSSR count). The Kier molecular flexibility index (Phi) is 6.98. The molecule has 1 aliphatic heterocycles. The number of nitrogens with one attached hydrogen (secondary N) is 2. The number of morpholine rings is 1. The van der Waals surface area contributed by atoms with Gasteiger partial charge in [-0.1, -0.05) is 34.6 Å². The molecule has 0 aliphatic carbocycles. The number of rotatable bonds is 4. The average Bonchev–Trinajstić information content (AvgIpc) is 3.04. The summed E-state index contributed by atoms with van der Waals surface area (Å²) < 4.78 is 7.14. The van der Waals surface area contributed by atoms with Gasteiger partial charge in [0.15, 0.2) is 0 Å². The first-order valence-corrected chi connectivity index (χ1v) is 10.4. The van der Waals surface area contributed by atoms with Crippen molar-refractivity contribution in [3.63, 3.8) is 0 Å². The van der Waals surface area contributed by atoms with E-state index in [1.165, 1.54) is 0 Å². The fourth-order valence-electron chi connectivity index (χ4n) is 3.14. The number of carbonyl (C=O) groups is 2. The Morgan fingerprint density at radius 3 is 2.17 bits per heavy atom. The maximum atomic E-state index is 12.9. The molecule has 29 heavy (non-hydrogen) atoms. The summed E-state index contributed by atoms with van der Waals surface area (Å²) in [6.07, 6.45) is 0. The molecule has 164 valence electrons. The standard InChI is InChI=1S/C21H37N5O3/c1-14(2)17(18(27)25-9-11-29-12-10-25)23-19(28)22-16-13-15(20(3,4)5)24-26(16)21(6,7)8/h13-14,17H,9-12H2,1-8H3,(H2,22,23,28)/t17-/m1/s1. The zero-order valence-corrected chi connectivity index (χ0v) is 19.1. The van der Waals surface area contributed by atoms with Gasteiger partial charge in [0, 0.05) is 24.6 Å². The van der Waals surface area contributed by atoms with Crippen LogP contribution in [-0.2, 0) is 20.5 Å². The normalized spacial score (nSPS) is 16.7. The molecule has 0 spiro atoms. The number of anilines is 1. The van der Waals surface area contributed by atoms with E-state index in [0.29, 0.717) is 32.1 Å². The lowest BCUT2D eigenvalue weighted by molar-refractivity contribution is -0.138. The van der Waals surface area contributed by atoms with Crippen molar-refractivity contribution in [1.29, 1.82) is 0 Å². The topological polar surface area (TPSA) is 88.5 Å². The van der Waals surface area contributed by atoms with Gasteiger partial charge in [-0.2, -0.15) is 5.10 Å². The highest BCUT2D eigenvalue weighted by atomic mass is 16.5. The summed E-state index contributed by atoms with van der Waals surface area (Å²) >= 11 is 0. The minimum absolute atomic E-state index is 0.0336. The van der Waals surface area contributed by atoms with Crippen LogP contribution in [0.1, 0.15) is 61.1 Å². The first-order chi connectivity index (χ1) is 13.3. The highest BCUT2D eigenvalue weighted by Crippen LogP contribution is 2.28. The summed E-state index contributed by atoms with van der Waals surface area (Å²) in [5, 5.41) is 10.5. The molecule has 1 aliphatic rings. The van der Waals surface area contributed by atoms with E-state index in [-0.39, 0.29) is 22.8 Å². The van der Waals surface area contributed by atoms with E-state index in [2.05, 4.69) is 31.4 Å². The predicted molar refractivity (Wildman–Crippen MR) is 114 cm³/mol. The fraction of sp³-hybridized carbons (Fsp3) is 0.762. The van der Waals surface area contributed by atoms with Crippen molar-refractivity contribution in [2.75, 3.05) is 31.6 Å². The number of ether oxygens (including phenoxy) is 1. The van der Waals surface area contributed by atoms with Crippen LogP contribution in [0.15, 0.2) is 6.07 Å². The van der Waals surface area contributed by atoms with Gasteiger partial charge >= 0.3 is 6.03 Å². The third kappa shape index (κ3) is 5.95. The molecule has 3 amide bonds. The molecule has 8 heteroatoms. The number of amides is 3. The second-order valence-electron chi connectivity index (χ2n) is 10.0. The molecule has 0 aromatic carbocycles. The SMILES string of the molecule is CC(C)[C@@H](NC(=O)Nc1cc(C(C)(C)C)nn1C(C)(C)C)C(=O)N1CCOCC1. The van der Waals surface area contributed by atoms with Gasteiger partial charge in [0.25, 0.3) is 0 Å². The van der Waals surface area contributed by atoms with E-state index >= 15 is 0 Å². The highest BCUT2D eigenvalue weighted by Gasteiger charge is 2.31. The van der Waals surface area contributed by atoms with Crippen LogP contribution in [0.2, 0.25) is 0 Å². The van der Waals surface area contributed by atoms with Crippen LogP contribution >= 0.6 is 0 Å². The molecule has 2 heterocycles. The third-order valence-electron chi connectivity index (χ3n) is 4.90. The molecule has 0 bridgehead atoms. The lowest BCUT2D eigenvalue weighted by Crippen LogP contribution is -2.54. The highest BCUT2D eigenvalue weighted by molar-refractivity contribution is 5.93. The molecular weight excluding hydrogens is 370 g/mol. The minimum Gasteiger partial charge on any atom is -0.378 e. The molecule has 8 nitrogen and oxygen atoms in total. The summed E-state index contributed by atoms with van der Waals surface area (Å²) in [6.45, 7) is 18.4. The second-order valence-corrected chi connectivity index (χ2v) is 10.0. The van der Waals surface area contributed by atoms with Crippen LogP contribution in [0, 0.1) is 5.92 Å². The van der Waals surface area contributed by atoms with Gasteiger partial charge in [-0.25, -0.2) is 9.48 Å². The van der Waals surface area contributed by atoms with Crippen molar-refractivity contribution in [2.45, 2.75) is 72.4 Å². The van der Waals surface area contributed by atoms with Crippen LogP contribution in [0.4, 0.5) is 10.6 Å². The van der Waals surface area contributed by atoms with Crippen LogP contribution in [0.3, 0.4) is 0 Å². The van der Waals surface area contributed by atoms with Gasteiger partial charge < -0.3 is 15.0 Å². The van der Waals surface area contributed by atoms with Crippen molar-refractivity contribution in [3.05, 3.63) is 11.8 Å². The molecule has 1 fully saturated rings. The summed E-state index contributed by atoms with van der Waals surface area (Å²) in [4.78, 5) is 27.4. The molecule has 2 N–H and O–H groups in total. The molecule has 1 atom stereocenters. The van der Waals surface area contributed by atoms with Gasteiger partial charge in [0.2, 0.25) is 5.91 Å². The Labute approximate surface area is 174 Å². The van der Waals surface area contributed by atoms with Crippen LogP contribution in [-0.4, -0.2) is 59.0 Å². The summed E-state index contributed by atoms with van der Waals surface area (Å²) in [5.41, 5.74) is 0.455. The summed E-state index contributed by atoms with van der Waals surface area (Å²) in [6, 6.07) is 0.899. The Balaban J connectivity index is 2.17. The van der Waals surface area contributed by atoms with Crippen LogP contribution < -0.4 is 10.6 Å². The molecule has 1 saturated heterocycles. The lowest BCUT2D eigenvalue weighted by atomic mass is 9.92. The smallest absolute Gasteiger partial charge is 0.321 e. The largest absolute Gasteiger partial charge is 0.378 e. The summed E-state index contributed by atoms with van der Waals surface area (Å²) in [7, 11) is 0. The fourth-order valence-corrected chi connectivity index (χ4v) is 3.14. The Bertz CT molecular complexity index is 722. The molecule has 0 saturated carbocycles. The van der Waals surface area contributed by atoms with Gasteiger partial charge in [-0.15, -0.1) is 0 Å². The van der Waals surface area contributed by atoms with Gasteiger partial charge in [-0.05, 0) is 26.7 Å². The summed E-state index contributed by atoms with van der Waals surface area (Å²) in [5.74, 6) is 0.508. The van der Waals surface area contributed by atoms with E-state index in [0.717, 1.165) is 5.69 Å². The zero-order chi connectivity index (χ0) is 22.0. The van der Waals surface area contributed by atoms with Crippen molar-refractivity contribution < 1.29 is 14.3 Å². The van der Waals surface area contributed by atoms with Crippen molar-refractivity contribution in [3.8, 4) is 0 Å². The van der Waals surface area contributed by atoms with Crippen molar-refractivity contribution in [2.24, 2.45) is 5.92 Å². The molecule has 0 radical (unpaired) electrons. The number of carbonyl (C=O) groups excluding carboxylic acids is 2. The molecular formula is C21H37N5O3. The second kappa shape index (κ2) is 8.73. The van der Waals surface area contributed by atoms with Crippen LogP contribution in [0.5, 0.6) is 0 Å². The molecule has 1 aromatic heterocycles. The monoisotopic (exact) mass is 407 g/mol. The van der Waals surface area contributed by atoms with Crippen molar-refractivity contribution >= 4 is 17.8 Å². The molecule has 0 unspecified atom stereocenters. The van der Waals surface area contributed by atoms with Gasteiger partial charge in [-0.3, -0.25) is 10.1 Å². The maximum absolute atomic E-state index is 12.9. The van der Waals surface area contributed by atoms with Gasteiger partial charge in [0.05, 0.1) is 24.4 Å². The lowest BCUT2D eigenvalue weighted by Gasteiger charge is -2.32. The van der Waals surface area contributed by atoms with E-state index in [9.17, 15) is 9.59 Å². The first-order valence-electron chi connectivity index (χ1n) is 10.4.